The second-order valence-corrected chi connectivity index (χ2v) is 10.1. The van der Waals surface area contributed by atoms with Crippen LogP contribution >= 0.6 is 15.9 Å². The Labute approximate surface area is 203 Å². The quantitative estimate of drug-likeness (QED) is 0.315. The number of fused-ring (bicyclic) bond motifs is 1. The Bertz CT molecular complexity index is 1340. The number of hydrogen-bond acceptors (Lipinski definition) is 2. The summed E-state index contributed by atoms with van der Waals surface area (Å²) in [6.07, 6.45) is 0.476. The largest absolute Gasteiger partial charge is 0.323 e. The molecule has 1 fully saturated rings. The van der Waals surface area contributed by atoms with E-state index in [9.17, 15) is 4.79 Å². The fraction of sp³-hybridized carbons (Fsp3) is 0.286. The van der Waals surface area contributed by atoms with E-state index in [1.165, 1.54) is 27.8 Å². The molecular formula is C28H28BrN3O. The summed E-state index contributed by atoms with van der Waals surface area (Å²) in [7, 11) is 0. The van der Waals surface area contributed by atoms with Crippen molar-refractivity contribution in [2.45, 2.75) is 46.6 Å². The van der Waals surface area contributed by atoms with E-state index < -0.39 is 0 Å². The monoisotopic (exact) mass is 501 g/mol. The zero-order valence-electron chi connectivity index (χ0n) is 19.5. The van der Waals surface area contributed by atoms with E-state index in [1.807, 2.05) is 35.2 Å². The molecule has 168 valence electrons. The first kappa shape index (κ1) is 21.9. The SMILES string of the molecule is Cc1cc(C)c(C)c(Cn2c(C3CC(=O)N(c4ccc(Br)cc4)C3)nc3ccccc32)c1C. The number of amides is 1. The van der Waals surface area contributed by atoms with Crippen LogP contribution in [-0.2, 0) is 11.3 Å². The summed E-state index contributed by atoms with van der Waals surface area (Å²) >= 11 is 3.48. The number of aromatic nitrogens is 2. The van der Waals surface area contributed by atoms with Crippen LogP contribution in [0.1, 0.15) is 46.0 Å². The van der Waals surface area contributed by atoms with Crippen LogP contribution < -0.4 is 4.90 Å². The van der Waals surface area contributed by atoms with Crippen molar-refractivity contribution in [1.82, 2.24) is 9.55 Å². The number of halogens is 1. The Morgan fingerprint density at radius 3 is 2.33 bits per heavy atom. The molecule has 4 nitrogen and oxygen atoms in total. The highest BCUT2D eigenvalue weighted by Gasteiger charge is 2.35. The summed E-state index contributed by atoms with van der Waals surface area (Å²) in [5, 5.41) is 0. The van der Waals surface area contributed by atoms with E-state index in [0.29, 0.717) is 13.0 Å². The van der Waals surface area contributed by atoms with Crippen LogP contribution in [0.5, 0.6) is 0 Å². The van der Waals surface area contributed by atoms with Gasteiger partial charge in [0.15, 0.2) is 0 Å². The summed E-state index contributed by atoms with van der Waals surface area (Å²) in [5.41, 5.74) is 9.71. The van der Waals surface area contributed by atoms with Gasteiger partial charge in [-0.05, 0) is 91.9 Å². The lowest BCUT2D eigenvalue weighted by molar-refractivity contribution is -0.117. The van der Waals surface area contributed by atoms with E-state index in [1.54, 1.807) is 0 Å². The zero-order chi connectivity index (χ0) is 23.3. The lowest BCUT2D eigenvalue weighted by Gasteiger charge is -2.20. The summed E-state index contributed by atoms with van der Waals surface area (Å²) in [4.78, 5) is 19.9. The van der Waals surface area contributed by atoms with Crippen LogP contribution in [0.25, 0.3) is 11.0 Å². The van der Waals surface area contributed by atoms with Gasteiger partial charge in [-0.3, -0.25) is 4.79 Å². The van der Waals surface area contributed by atoms with Crippen molar-refractivity contribution < 1.29 is 4.79 Å². The van der Waals surface area contributed by atoms with Gasteiger partial charge in [-0.15, -0.1) is 0 Å². The molecule has 3 aromatic carbocycles. The van der Waals surface area contributed by atoms with Crippen molar-refractivity contribution in [3.8, 4) is 0 Å². The number of carbonyl (C=O) groups is 1. The standard InChI is InChI=1S/C28H28BrN3O/c1-17-13-18(2)20(4)24(19(17)3)16-32-26-8-6-5-7-25(26)30-28(32)21-14-27(33)31(15-21)23-11-9-22(29)10-12-23/h5-13,21H,14-16H2,1-4H3. The molecule has 0 saturated carbocycles. The number of rotatable bonds is 4. The van der Waals surface area contributed by atoms with Gasteiger partial charge in [0.2, 0.25) is 5.91 Å². The molecule has 33 heavy (non-hydrogen) atoms. The van der Waals surface area contributed by atoms with E-state index in [2.05, 4.69) is 72.5 Å². The normalized spacial score (nSPS) is 16.2. The molecule has 2 heterocycles. The Balaban J connectivity index is 1.57. The molecule has 1 amide bonds. The Kier molecular flexibility index (Phi) is 5.61. The van der Waals surface area contributed by atoms with Gasteiger partial charge in [0.25, 0.3) is 0 Å². The molecule has 0 bridgehead atoms. The van der Waals surface area contributed by atoms with Crippen LogP contribution in [0.3, 0.4) is 0 Å². The van der Waals surface area contributed by atoms with Gasteiger partial charge in [-0.2, -0.15) is 0 Å². The summed E-state index contributed by atoms with van der Waals surface area (Å²) in [6.45, 7) is 10.2. The summed E-state index contributed by atoms with van der Waals surface area (Å²) in [6, 6.07) is 18.5. The highest BCUT2D eigenvalue weighted by Crippen LogP contribution is 2.35. The van der Waals surface area contributed by atoms with Gasteiger partial charge in [-0.25, -0.2) is 4.98 Å². The first-order valence-electron chi connectivity index (χ1n) is 11.4. The molecule has 0 aliphatic carbocycles. The Hall–Kier alpha value is -2.92. The van der Waals surface area contributed by atoms with Crippen LogP contribution in [0.2, 0.25) is 0 Å². The molecule has 1 saturated heterocycles. The first-order chi connectivity index (χ1) is 15.8. The van der Waals surface area contributed by atoms with Gasteiger partial charge in [-0.1, -0.05) is 34.1 Å². The first-order valence-corrected chi connectivity index (χ1v) is 12.2. The van der Waals surface area contributed by atoms with Crippen molar-refractivity contribution in [3.05, 3.63) is 92.7 Å². The van der Waals surface area contributed by atoms with Crippen LogP contribution in [-0.4, -0.2) is 22.0 Å². The molecule has 1 aliphatic heterocycles. The molecule has 0 spiro atoms. The van der Waals surface area contributed by atoms with Crippen molar-refractivity contribution in [3.63, 3.8) is 0 Å². The smallest absolute Gasteiger partial charge is 0.227 e. The lowest BCUT2D eigenvalue weighted by Crippen LogP contribution is -2.24. The van der Waals surface area contributed by atoms with Crippen LogP contribution in [0.4, 0.5) is 5.69 Å². The van der Waals surface area contributed by atoms with Crippen molar-refractivity contribution in [2.75, 3.05) is 11.4 Å². The van der Waals surface area contributed by atoms with E-state index in [4.69, 9.17) is 4.98 Å². The highest BCUT2D eigenvalue weighted by molar-refractivity contribution is 9.10. The second-order valence-electron chi connectivity index (χ2n) is 9.17. The molecule has 1 atom stereocenters. The third-order valence-corrected chi connectivity index (χ3v) is 7.68. The molecule has 5 rings (SSSR count). The zero-order valence-corrected chi connectivity index (χ0v) is 21.1. The third kappa shape index (κ3) is 3.89. The average molecular weight is 502 g/mol. The Morgan fingerprint density at radius 2 is 1.64 bits per heavy atom. The average Bonchev–Trinajstić information content (AvgIpc) is 3.36. The molecule has 5 heteroatoms. The molecule has 4 aromatic rings. The second kappa shape index (κ2) is 8.45. The molecule has 1 aliphatic rings. The summed E-state index contributed by atoms with van der Waals surface area (Å²) in [5.74, 6) is 1.21. The molecule has 1 aromatic heterocycles. The van der Waals surface area contributed by atoms with Gasteiger partial charge in [0.05, 0.1) is 11.0 Å². The minimum absolute atomic E-state index is 0.0556. The maximum absolute atomic E-state index is 13.0. The maximum Gasteiger partial charge on any atom is 0.227 e. The number of carbonyl (C=O) groups excluding carboxylic acids is 1. The minimum atomic E-state index is 0.0556. The van der Waals surface area contributed by atoms with Crippen molar-refractivity contribution >= 4 is 38.6 Å². The lowest BCUT2D eigenvalue weighted by atomic mass is 9.94. The summed E-state index contributed by atoms with van der Waals surface area (Å²) < 4.78 is 3.35. The number of benzene rings is 3. The predicted octanol–water partition coefficient (Wildman–Crippen LogP) is 6.60. The number of hydrogen-bond donors (Lipinski definition) is 0. The van der Waals surface area contributed by atoms with Gasteiger partial charge in [0.1, 0.15) is 5.82 Å². The van der Waals surface area contributed by atoms with Crippen molar-refractivity contribution in [1.29, 1.82) is 0 Å². The third-order valence-electron chi connectivity index (χ3n) is 7.15. The predicted molar refractivity (Wildman–Crippen MR) is 138 cm³/mol. The highest BCUT2D eigenvalue weighted by atomic mass is 79.9. The number of para-hydroxylation sites is 2. The van der Waals surface area contributed by atoms with Crippen LogP contribution in [0, 0.1) is 27.7 Å². The van der Waals surface area contributed by atoms with E-state index >= 15 is 0 Å². The van der Waals surface area contributed by atoms with E-state index in [-0.39, 0.29) is 11.8 Å². The fourth-order valence-electron chi connectivity index (χ4n) is 5.02. The fourth-order valence-corrected chi connectivity index (χ4v) is 5.28. The van der Waals surface area contributed by atoms with Crippen molar-refractivity contribution in [2.24, 2.45) is 0 Å². The molecular weight excluding hydrogens is 474 g/mol. The molecule has 0 N–H and O–H groups in total. The Morgan fingerprint density at radius 1 is 0.970 bits per heavy atom. The maximum atomic E-state index is 13.0. The van der Waals surface area contributed by atoms with E-state index in [0.717, 1.165) is 33.6 Å². The van der Waals surface area contributed by atoms with Gasteiger partial charge < -0.3 is 9.47 Å². The minimum Gasteiger partial charge on any atom is -0.323 e. The van der Waals surface area contributed by atoms with Crippen LogP contribution in [0.15, 0.2) is 59.1 Å². The van der Waals surface area contributed by atoms with Gasteiger partial charge >= 0.3 is 0 Å². The number of imidazole rings is 1. The number of nitrogens with zero attached hydrogens (tertiary/aromatic N) is 3. The number of anilines is 1. The molecule has 0 radical (unpaired) electrons. The molecule has 1 unspecified atom stereocenters. The topological polar surface area (TPSA) is 38.1 Å². The number of aryl methyl sites for hydroxylation is 2. The van der Waals surface area contributed by atoms with Gasteiger partial charge in [0, 0.05) is 35.6 Å².